The molecule has 0 saturated heterocycles. The maximum Gasteiger partial charge on any atom is 0.147 e. The number of nitrogens with zero attached hydrogens (tertiary/aromatic N) is 1. The molecular weight excluding hydrogens is 176 g/mol. The van der Waals surface area contributed by atoms with Gasteiger partial charge in [-0.15, -0.1) is 0 Å². The fourth-order valence-electron chi connectivity index (χ4n) is 1.41. The maximum atomic E-state index is 4.92. The molecule has 0 amide bonds. The SMILES string of the molecule is CNc1conc1-c1cccc(C)c1. The van der Waals surface area contributed by atoms with Gasteiger partial charge in [0.25, 0.3) is 0 Å². The maximum absolute atomic E-state index is 4.92. The minimum Gasteiger partial charge on any atom is -0.384 e. The lowest BCUT2D eigenvalue weighted by molar-refractivity contribution is 0.422. The first-order chi connectivity index (χ1) is 6.81. The van der Waals surface area contributed by atoms with Crippen LogP contribution in [0.2, 0.25) is 0 Å². The highest BCUT2D eigenvalue weighted by atomic mass is 16.5. The van der Waals surface area contributed by atoms with Gasteiger partial charge in [-0.1, -0.05) is 28.9 Å². The van der Waals surface area contributed by atoms with E-state index < -0.39 is 0 Å². The lowest BCUT2D eigenvalue weighted by Gasteiger charge is -2.00. The van der Waals surface area contributed by atoms with Crippen molar-refractivity contribution >= 4 is 5.69 Å². The van der Waals surface area contributed by atoms with Gasteiger partial charge in [0.05, 0.1) is 0 Å². The van der Waals surface area contributed by atoms with Crippen LogP contribution in [0.3, 0.4) is 0 Å². The molecule has 2 rings (SSSR count). The van der Waals surface area contributed by atoms with Crippen molar-refractivity contribution in [3.05, 3.63) is 36.1 Å². The Morgan fingerprint density at radius 2 is 2.21 bits per heavy atom. The lowest BCUT2D eigenvalue weighted by Crippen LogP contribution is -1.89. The molecule has 1 heterocycles. The van der Waals surface area contributed by atoms with E-state index in [0.29, 0.717) is 0 Å². The van der Waals surface area contributed by atoms with Crippen molar-refractivity contribution in [3.63, 3.8) is 0 Å². The number of rotatable bonds is 2. The van der Waals surface area contributed by atoms with Crippen LogP contribution in [0.1, 0.15) is 5.56 Å². The Hall–Kier alpha value is -1.77. The van der Waals surface area contributed by atoms with Crippen LogP contribution in [0.15, 0.2) is 35.1 Å². The van der Waals surface area contributed by atoms with Gasteiger partial charge in [0.15, 0.2) is 0 Å². The molecule has 0 aliphatic carbocycles. The summed E-state index contributed by atoms with van der Waals surface area (Å²) < 4.78 is 4.92. The number of hydrogen-bond donors (Lipinski definition) is 1. The van der Waals surface area contributed by atoms with Crippen molar-refractivity contribution < 1.29 is 4.52 Å². The zero-order valence-electron chi connectivity index (χ0n) is 8.24. The second kappa shape index (κ2) is 3.54. The quantitative estimate of drug-likeness (QED) is 0.787. The first kappa shape index (κ1) is 8.81. The first-order valence-corrected chi connectivity index (χ1v) is 4.50. The zero-order valence-corrected chi connectivity index (χ0v) is 8.24. The molecule has 14 heavy (non-hydrogen) atoms. The Bertz CT molecular complexity index is 434. The standard InChI is InChI=1S/C11H12N2O/c1-8-4-3-5-9(6-8)11-10(12-2)7-14-13-11/h3-7,12H,1-2H3. The summed E-state index contributed by atoms with van der Waals surface area (Å²) in [5, 5.41) is 7.00. The Balaban J connectivity index is 2.49. The summed E-state index contributed by atoms with van der Waals surface area (Å²) in [7, 11) is 1.85. The smallest absolute Gasteiger partial charge is 0.147 e. The Morgan fingerprint density at radius 3 is 2.93 bits per heavy atom. The van der Waals surface area contributed by atoms with Crippen molar-refractivity contribution in [2.24, 2.45) is 0 Å². The number of anilines is 1. The monoisotopic (exact) mass is 188 g/mol. The topological polar surface area (TPSA) is 38.1 Å². The minimum absolute atomic E-state index is 0.858. The molecule has 1 aromatic carbocycles. The van der Waals surface area contributed by atoms with Crippen LogP contribution < -0.4 is 5.32 Å². The van der Waals surface area contributed by atoms with E-state index in [1.165, 1.54) is 5.56 Å². The summed E-state index contributed by atoms with van der Waals surface area (Å²) in [6.07, 6.45) is 1.61. The summed E-state index contributed by atoms with van der Waals surface area (Å²) in [4.78, 5) is 0. The summed E-state index contributed by atoms with van der Waals surface area (Å²) in [6, 6.07) is 8.17. The van der Waals surface area contributed by atoms with E-state index in [2.05, 4.69) is 29.5 Å². The lowest BCUT2D eigenvalue weighted by atomic mass is 10.1. The summed E-state index contributed by atoms with van der Waals surface area (Å²) in [5.74, 6) is 0. The second-order valence-electron chi connectivity index (χ2n) is 3.20. The van der Waals surface area contributed by atoms with Crippen molar-refractivity contribution in [2.75, 3.05) is 12.4 Å². The van der Waals surface area contributed by atoms with E-state index in [1.54, 1.807) is 6.26 Å². The Kier molecular flexibility index (Phi) is 2.23. The molecule has 2 aromatic rings. The van der Waals surface area contributed by atoms with Gasteiger partial charge in [-0.2, -0.15) is 0 Å². The number of aromatic nitrogens is 1. The molecule has 1 N–H and O–H groups in total. The molecule has 72 valence electrons. The average molecular weight is 188 g/mol. The fourth-order valence-corrected chi connectivity index (χ4v) is 1.41. The second-order valence-corrected chi connectivity index (χ2v) is 3.20. The van der Waals surface area contributed by atoms with Gasteiger partial charge in [0.1, 0.15) is 17.6 Å². The molecule has 0 saturated carbocycles. The van der Waals surface area contributed by atoms with Crippen LogP contribution in [0.5, 0.6) is 0 Å². The molecule has 3 nitrogen and oxygen atoms in total. The molecule has 0 aliphatic rings. The largest absolute Gasteiger partial charge is 0.384 e. The average Bonchev–Trinajstić information content (AvgIpc) is 2.65. The molecular formula is C11H12N2O. The normalized spacial score (nSPS) is 10.1. The van der Waals surface area contributed by atoms with Crippen LogP contribution in [0.25, 0.3) is 11.3 Å². The third kappa shape index (κ3) is 1.48. The molecule has 0 radical (unpaired) electrons. The highest BCUT2D eigenvalue weighted by molar-refractivity contribution is 5.73. The van der Waals surface area contributed by atoms with E-state index >= 15 is 0 Å². The van der Waals surface area contributed by atoms with Crippen LogP contribution in [0.4, 0.5) is 5.69 Å². The van der Waals surface area contributed by atoms with E-state index in [1.807, 2.05) is 19.2 Å². The number of benzene rings is 1. The molecule has 0 bridgehead atoms. The van der Waals surface area contributed by atoms with Gasteiger partial charge in [0.2, 0.25) is 0 Å². The van der Waals surface area contributed by atoms with Crippen molar-refractivity contribution in [1.82, 2.24) is 5.16 Å². The van der Waals surface area contributed by atoms with Crippen molar-refractivity contribution in [1.29, 1.82) is 0 Å². The molecule has 0 atom stereocenters. The number of nitrogens with one attached hydrogen (secondary N) is 1. The van der Waals surface area contributed by atoms with E-state index in [9.17, 15) is 0 Å². The zero-order chi connectivity index (χ0) is 9.97. The van der Waals surface area contributed by atoms with Gasteiger partial charge < -0.3 is 9.84 Å². The van der Waals surface area contributed by atoms with E-state index in [0.717, 1.165) is 16.9 Å². The highest BCUT2D eigenvalue weighted by Gasteiger charge is 2.07. The summed E-state index contributed by atoms with van der Waals surface area (Å²) in [6.45, 7) is 2.06. The van der Waals surface area contributed by atoms with Crippen molar-refractivity contribution in [2.45, 2.75) is 6.92 Å². The molecule has 0 unspecified atom stereocenters. The third-order valence-electron chi connectivity index (χ3n) is 2.13. The molecule has 0 aliphatic heterocycles. The molecule has 3 heteroatoms. The molecule has 0 spiro atoms. The highest BCUT2D eigenvalue weighted by Crippen LogP contribution is 2.26. The Morgan fingerprint density at radius 1 is 1.36 bits per heavy atom. The first-order valence-electron chi connectivity index (χ1n) is 4.50. The fraction of sp³-hybridized carbons (Fsp3) is 0.182. The van der Waals surface area contributed by atoms with Crippen LogP contribution in [0, 0.1) is 6.92 Å². The third-order valence-corrected chi connectivity index (χ3v) is 2.13. The van der Waals surface area contributed by atoms with Gasteiger partial charge in [-0.25, -0.2) is 0 Å². The van der Waals surface area contributed by atoms with E-state index in [-0.39, 0.29) is 0 Å². The van der Waals surface area contributed by atoms with Gasteiger partial charge >= 0.3 is 0 Å². The number of aryl methyl sites for hydroxylation is 1. The van der Waals surface area contributed by atoms with Crippen LogP contribution in [-0.2, 0) is 0 Å². The van der Waals surface area contributed by atoms with Gasteiger partial charge in [0, 0.05) is 12.6 Å². The predicted molar refractivity (Wildman–Crippen MR) is 56.2 cm³/mol. The summed E-state index contributed by atoms with van der Waals surface area (Å²) in [5.41, 5.74) is 4.06. The minimum atomic E-state index is 0.858. The molecule has 0 fully saturated rings. The predicted octanol–water partition coefficient (Wildman–Crippen LogP) is 2.69. The molecule has 1 aromatic heterocycles. The van der Waals surface area contributed by atoms with Crippen molar-refractivity contribution in [3.8, 4) is 11.3 Å². The van der Waals surface area contributed by atoms with Crippen LogP contribution >= 0.6 is 0 Å². The summed E-state index contributed by atoms with van der Waals surface area (Å²) >= 11 is 0. The van der Waals surface area contributed by atoms with Crippen LogP contribution in [-0.4, -0.2) is 12.2 Å². The Labute approximate surface area is 82.7 Å². The van der Waals surface area contributed by atoms with Gasteiger partial charge in [-0.05, 0) is 13.0 Å². The van der Waals surface area contributed by atoms with Gasteiger partial charge in [-0.3, -0.25) is 0 Å². The van der Waals surface area contributed by atoms with E-state index in [4.69, 9.17) is 4.52 Å². The number of hydrogen-bond acceptors (Lipinski definition) is 3.